The number of allylic oxidation sites excluding steroid dienone is 4. The molecule has 0 aliphatic rings. The van der Waals surface area contributed by atoms with Crippen LogP contribution in [0.4, 0.5) is 0 Å². The van der Waals surface area contributed by atoms with Gasteiger partial charge in [0.15, 0.2) is 0 Å². The molecule has 0 aliphatic heterocycles. The average molecular weight is 193 g/mol. The van der Waals surface area contributed by atoms with Crippen molar-refractivity contribution in [1.29, 1.82) is 0 Å². The molecule has 0 spiro atoms. The molecule has 0 saturated carbocycles. The number of unbranched alkanes of at least 4 members (excludes halogenated alkanes) is 6. The van der Waals surface area contributed by atoms with Crippen LogP contribution in [0.2, 0.25) is 0 Å². The van der Waals surface area contributed by atoms with E-state index in [0.29, 0.717) is 0 Å². The van der Waals surface area contributed by atoms with Crippen LogP contribution in [0.15, 0.2) is 24.3 Å². The molecule has 1 radical (unpaired) electrons. The lowest BCUT2D eigenvalue weighted by Crippen LogP contribution is -1.78. The highest BCUT2D eigenvalue weighted by Crippen LogP contribution is 2.07. The summed E-state index contributed by atoms with van der Waals surface area (Å²) in [7, 11) is 0. The molecule has 0 aromatic rings. The van der Waals surface area contributed by atoms with Gasteiger partial charge in [0.05, 0.1) is 0 Å². The van der Waals surface area contributed by atoms with Crippen LogP contribution in [0, 0.1) is 6.92 Å². The summed E-state index contributed by atoms with van der Waals surface area (Å²) >= 11 is 0. The van der Waals surface area contributed by atoms with E-state index in [2.05, 4.69) is 38.2 Å². The second kappa shape index (κ2) is 12.5. The molecule has 0 amide bonds. The van der Waals surface area contributed by atoms with Crippen LogP contribution in [0.1, 0.15) is 58.3 Å². The van der Waals surface area contributed by atoms with Crippen LogP contribution >= 0.6 is 0 Å². The third kappa shape index (κ3) is 11.5. The smallest absolute Gasteiger partial charge is 0.0351 e. The van der Waals surface area contributed by atoms with Crippen LogP contribution in [0.25, 0.3) is 0 Å². The maximum absolute atomic E-state index is 3.77. The Bertz CT molecular complexity index is 142. The van der Waals surface area contributed by atoms with Gasteiger partial charge in [-0.15, -0.1) is 0 Å². The molecule has 14 heavy (non-hydrogen) atoms. The van der Waals surface area contributed by atoms with E-state index in [9.17, 15) is 0 Å². The van der Waals surface area contributed by atoms with Crippen LogP contribution in [-0.2, 0) is 0 Å². The van der Waals surface area contributed by atoms with Crippen molar-refractivity contribution in [3.8, 4) is 0 Å². The largest absolute Gasteiger partial charge is 0.0917 e. The van der Waals surface area contributed by atoms with Gasteiger partial charge in [-0.3, -0.25) is 0 Å². The van der Waals surface area contributed by atoms with Gasteiger partial charge in [0.2, 0.25) is 0 Å². The molecule has 0 atom stereocenters. The van der Waals surface area contributed by atoms with E-state index in [4.69, 9.17) is 0 Å². The van der Waals surface area contributed by atoms with Crippen molar-refractivity contribution >= 4 is 0 Å². The first-order valence-electron chi connectivity index (χ1n) is 5.97. The molecule has 0 bridgehead atoms. The maximum atomic E-state index is 3.77. The van der Waals surface area contributed by atoms with Crippen molar-refractivity contribution in [1.82, 2.24) is 0 Å². The van der Waals surface area contributed by atoms with E-state index >= 15 is 0 Å². The van der Waals surface area contributed by atoms with Gasteiger partial charge < -0.3 is 0 Å². The molecule has 0 aliphatic carbocycles. The lowest BCUT2D eigenvalue weighted by Gasteiger charge is -1.97. The highest BCUT2D eigenvalue weighted by molar-refractivity contribution is 4.81. The summed E-state index contributed by atoms with van der Waals surface area (Å²) in [5.41, 5.74) is 0. The molecule has 0 saturated heterocycles. The number of rotatable bonds is 9. The van der Waals surface area contributed by atoms with E-state index in [1.165, 1.54) is 44.9 Å². The van der Waals surface area contributed by atoms with Crippen molar-refractivity contribution in [2.75, 3.05) is 0 Å². The fourth-order valence-electron chi connectivity index (χ4n) is 1.46. The number of hydrogen-bond acceptors (Lipinski definition) is 0. The lowest BCUT2D eigenvalue weighted by molar-refractivity contribution is 0.621. The predicted molar refractivity (Wildman–Crippen MR) is 66.2 cm³/mol. The van der Waals surface area contributed by atoms with Crippen LogP contribution in [-0.4, -0.2) is 0 Å². The Morgan fingerprint density at radius 1 is 0.786 bits per heavy atom. The zero-order valence-corrected chi connectivity index (χ0v) is 9.67. The monoisotopic (exact) mass is 193 g/mol. The van der Waals surface area contributed by atoms with E-state index in [1.807, 2.05) is 0 Å². The SMILES string of the molecule is [CH2]CC=CCCCCCCCC=CC. The standard InChI is InChI=1S/C14H25/c1-3-5-7-9-11-13-14-12-10-8-6-4-2/h4-7H,1,3,8-14H2,2H3. The zero-order valence-electron chi connectivity index (χ0n) is 9.67. The minimum Gasteiger partial charge on any atom is -0.0917 e. The molecular weight excluding hydrogens is 168 g/mol. The summed E-state index contributed by atoms with van der Waals surface area (Å²) in [5, 5.41) is 0. The van der Waals surface area contributed by atoms with E-state index < -0.39 is 0 Å². The molecule has 0 fully saturated rings. The molecular formula is C14H25. The second-order valence-corrected chi connectivity index (χ2v) is 3.67. The molecule has 0 heteroatoms. The summed E-state index contributed by atoms with van der Waals surface area (Å²) in [5.74, 6) is 0. The van der Waals surface area contributed by atoms with Crippen molar-refractivity contribution in [2.45, 2.75) is 58.3 Å². The second-order valence-electron chi connectivity index (χ2n) is 3.67. The third-order valence-corrected chi connectivity index (χ3v) is 2.31. The fraction of sp³-hybridized carbons (Fsp3) is 0.643. The molecule has 0 N–H and O–H groups in total. The Morgan fingerprint density at radius 3 is 1.93 bits per heavy atom. The Balaban J connectivity index is 2.95. The Kier molecular flexibility index (Phi) is 12.0. The predicted octanol–water partition coefficient (Wildman–Crippen LogP) is 5.07. The van der Waals surface area contributed by atoms with Gasteiger partial charge in [-0.2, -0.15) is 0 Å². The van der Waals surface area contributed by atoms with Gasteiger partial charge in [0, 0.05) is 0 Å². The molecule has 0 unspecified atom stereocenters. The molecule has 0 rings (SSSR count). The van der Waals surface area contributed by atoms with Gasteiger partial charge >= 0.3 is 0 Å². The summed E-state index contributed by atoms with van der Waals surface area (Å²) in [4.78, 5) is 0. The summed E-state index contributed by atoms with van der Waals surface area (Å²) in [6.07, 6.45) is 19.1. The van der Waals surface area contributed by atoms with Crippen LogP contribution in [0.5, 0.6) is 0 Å². The minimum atomic E-state index is 0.934. The zero-order chi connectivity index (χ0) is 10.5. The van der Waals surface area contributed by atoms with Crippen molar-refractivity contribution in [2.24, 2.45) is 0 Å². The first-order chi connectivity index (χ1) is 6.91. The first-order valence-corrected chi connectivity index (χ1v) is 5.97. The van der Waals surface area contributed by atoms with Gasteiger partial charge in [0.25, 0.3) is 0 Å². The van der Waals surface area contributed by atoms with Crippen LogP contribution < -0.4 is 0 Å². The first kappa shape index (κ1) is 13.5. The topological polar surface area (TPSA) is 0 Å². The molecule has 81 valence electrons. The molecule has 0 aromatic carbocycles. The van der Waals surface area contributed by atoms with E-state index in [1.54, 1.807) is 0 Å². The third-order valence-electron chi connectivity index (χ3n) is 2.31. The summed E-state index contributed by atoms with van der Waals surface area (Å²) < 4.78 is 0. The van der Waals surface area contributed by atoms with Crippen molar-refractivity contribution < 1.29 is 0 Å². The van der Waals surface area contributed by atoms with Crippen molar-refractivity contribution in [3.63, 3.8) is 0 Å². The molecule has 0 nitrogen and oxygen atoms in total. The van der Waals surface area contributed by atoms with Gasteiger partial charge in [-0.05, 0) is 46.0 Å². The minimum absolute atomic E-state index is 0.934. The van der Waals surface area contributed by atoms with Crippen LogP contribution in [0.3, 0.4) is 0 Å². The molecule has 0 aromatic heterocycles. The van der Waals surface area contributed by atoms with Gasteiger partial charge in [0.1, 0.15) is 0 Å². The van der Waals surface area contributed by atoms with Crippen molar-refractivity contribution in [3.05, 3.63) is 31.2 Å². The van der Waals surface area contributed by atoms with E-state index in [0.717, 1.165) is 6.42 Å². The van der Waals surface area contributed by atoms with E-state index in [-0.39, 0.29) is 0 Å². The highest BCUT2D eigenvalue weighted by Gasteiger charge is 1.88. The Labute approximate surface area is 90.1 Å². The fourth-order valence-corrected chi connectivity index (χ4v) is 1.46. The highest BCUT2D eigenvalue weighted by atomic mass is 13.9. The maximum Gasteiger partial charge on any atom is -0.0351 e. The number of hydrogen-bond donors (Lipinski definition) is 0. The normalized spacial score (nSPS) is 11.9. The molecule has 0 heterocycles. The summed E-state index contributed by atoms with van der Waals surface area (Å²) in [6.45, 7) is 5.86. The van der Waals surface area contributed by atoms with Gasteiger partial charge in [-0.1, -0.05) is 43.6 Å². The quantitative estimate of drug-likeness (QED) is 0.354. The van der Waals surface area contributed by atoms with Gasteiger partial charge in [-0.25, -0.2) is 0 Å². The average Bonchev–Trinajstić information content (AvgIpc) is 2.21. The summed E-state index contributed by atoms with van der Waals surface area (Å²) in [6, 6.07) is 0. The Hall–Kier alpha value is -0.520. The Morgan fingerprint density at radius 2 is 1.36 bits per heavy atom. The lowest BCUT2D eigenvalue weighted by atomic mass is 10.1.